The molecule has 0 radical (unpaired) electrons. The zero-order valence-corrected chi connectivity index (χ0v) is 15.7. The quantitative estimate of drug-likeness (QED) is 0.387. The molecule has 1 amide bonds. The van der Waals surface area contributed by atoms with Gasteiger partial charge in [0.1, 0.15) is 10.6 Å². The number of halogens is 1. The molecule has 27 heavy (non-hydrogen) atoms. The van der Waals surface area contributed by atoms with Gasteiger partial charge >= 0.3 is 0 Å². The predicted molar refractivity (Wildman–Crippen MR) is 111 cm³/mol. The average Bonchev–Trinajstić information content (AvgIpc) is 3.07. The smallest absolute Gasteiger partial charge is 0.266 e. The van der Waals surface area contributed by atoms with Crippen LogP contribution < -0.4 is 5.43 Å². The van der Waals surface area contributed by atoms with E-state index in [0.29, 0.717) is 21.3 Å². The lowest BCUT2D eigenvalue weighted by molar-refractivity contribution is 0.0959. The molecule has 0 saturated carbocycles. The molecule has 4 aromatic rings. The van der Waals surface area contributed by atoms with Crippen LogP contribution in [0.1, 0.15) is 20.9 Å². The van der Waals surface area contributed by atoms with Crippen LogP contribution in [0, 0.1) is 0 Å². The number of benzene rings is 2. The van der Waals surface area contributed by atoms with Crippen LogP contribution in [0.3, 0.4) is 0 Å². The molecule has 0 bridgehead atoms. The summed E-state index contributed by atoms with van der Waals surface area (Å²) in [6.07, 6.45) is 1.69. The molecule has 2 aromatic heterocycles. The van der Waals surface area contributed by atoms with Crippen LogP contribution in [0.15, 0.2) is 84.1 Å². The van der Waals surface area contributed by atoms with Crippen LogP contribution in [0.25, 0.3) is 10.1 Å². The van der Waals surface area contributed by atoms with Gasteiger partial charge in [-0.2, -0.15) is 5.10 Å². The number of nitrogens with zero attached hydrogens (tertiary/aromatic N) is 2. The first kappa shape index (κ1) is 17.4. The molecule has 0 spiro atoms. The predicted octanol–water partition coefficient (Wildman–Crippen LogP) is 5.13. The standard InChI is InChI=1S/C21H14ClN3OS/c22-18-15-10-4-5-12-17(15)27-20(18)21(26)25-24-19(14-8-2-1-3-9-14)16-11-6-7-13-23-16/h1-13H,(H,25,26). The Kier molecular flexibility index (Phi) is 4.96. The average molecular weight is 392 g/mol. The lowest BCUT2D eigenvalue weighted by atomic mass is 10.1. The highest BCUT2D eigenvalue weighted by Gasteiger charge is 2.17. The summed E-state index contributed by atoms with van der Waals surface area (Å²) in [5, 5.41) is 5.67. The van der Waals surface area contributed by atoms with E-state index in [4.69, 9.17) is 11.6 Å². The zero-order chi connectivity index (χ0) is 18.6. The summed E-state index contributed by atoms with van der Waals surface area (Å²) in [7, 11) is 0. The van der Waals surface area contributed by atoms with Crippen LogP contribution in [0.5, 0.6) is 0 Å². The molecule has 0 unspecified atom stereocenters. The second-order valence-corrected chi connectivity index (χ2v) is 7.15. The van der Waals surface area contributed by atoms with Gasteiger partial charge in [-0.25, -0.2) is 5.43 Å². The number of pyridine rings is 1. The van der Waals surface area contributed by atoms with Crippen LogP contribution >= 0.6 is 22.9 Å². The number of hydrogen-bond acceptors (Lipinski definition) is 4. The highest BCUT2D eigenvalue weighted by molar-refractivity contribution is 7.21. The Balaban J connectivity index is 1.69. The van der Waals surface area contributed by atoms with Gasteiger partial charge in [0.25, 0.3) is 5.91 Å². The van der Waals surface area contributed by atoms with Crippen LogP contribution in [-0.2, 0) is 0 Å². The van der Waals surface area contributed by atoms with Gasteiger partial charge in [0, 0.05) is 21.8 Å². The number of aromatic nitrogens is 1. The van der Waals surface area contributed by atoms with E-state index < -0.39 is 0 Å². The van der Waals surface area contributed by atoms with Crippen molar-refractivity contribution in [2.24, 2.45) is 5.10 Å². The lowest BCUT2D eigenvalue weighted by Gasteiger charge is -2.06. The highest BCUT2D eigenvalue weighted by atomic mass is 35.5. The molecule has 4 rings (SSSR count). The van der Waals surface area contributed by atoms with Crippen molar-refractivity contribution in [3.8, 4) is 0 Å². The number of carbonyl (C=O) groups is 1. The molecule has 0 fully saturated rings. The van der Waals surface area contributed by atoms with Gasteiger partial charge in [0.2, 0.25) is 0 Å². The van der Waals surface area contributed by atoms with Crippen LogP contribution in [-0.4, -0.2) is 16.6 Å². The number of fused-ring (bicyclic) bond motifs is 1. The maximum Gasteiger partial charge on any atom is 0.283 e. The molecule has 132 valence electrons. The van der Waals surface area contributed by atoms with E-state index in [1.54, 1.807) is 6.20 Å². The molecular formula is C21H14ClN3OS. The Morgan fingerprint density at radius 2 is 1.70 bits per heavy atom. The molecule has 0 aliphatic rings. The lowest BCUT2D eigenvalue weighted by Crippen LogP contribution is -2.20. The van der Waals surface area contributed by atoms with Gasteiger partial charge in [-0.15, -0.1) is 11.3 Å². The highest BCUT2D eigenvalue weighted by Crippen LogP contribution is 2.34. The number of rotatable bonds is 4. The topological polar surface area (TPSA) is 54.4 Å². The van der Waals surface area contributed by atoms with Gasteiger partial charge in [-0.1, -0.05) is 66.2 Å². The summed E-state index contributed by atoms with van der Waals surface area (Å²) in [5.41, 5.74) is 4.75. The SMILES string of the molecule is O=C(NN=C(c1ccccc1)c1ccccn1)c1sc2ccccc2c1Cl. The van der Waals surface area contributed by atoms with E-state index in [0.717, 1.165) is 15.6 Å². The number of nitrogens with one attached hydrogen (secondary N) is 1. The fourth-order valence-electron chi connectivity index (χ4n) is 2.69. The summed E-state index contributed by atoms with van der Waals surface area (Å²) < 4.78 is 0.963. The number of hydrazone groups is 1. The molecule has 0 aliphatic carbocycles. The first-order valence-electron chi connectivity index (χ1n) is 8.26. The first-order valence-corrected chi connectivity index (χ1v) is 9.45. The summed E-state index contributed by atoms with van der Waals surface area (Å²) in [4.78, 5) is 17.5. The first-order chi connectivity index (χ1) is 13.2. The molecular weight excluding hydrogens is 378 g/mol. The third-order valence-electron chi connectivity index (χ3n) is 3.97. The Labute approximate surface area is 165 Å². The van der Waals surface area contributed by atoms with Crippen molar-refractivity contribution in [1.82, 2.24) is 10.4 Å². The van der Waals surface area contributed by atoms with Crippen LogP contribution in [0.2, 0.25) is 5.02 Å². The fourth-order valence-corrected chi connectivity index (χ4v) is 4.09. The molecule has 0 atom stereocenters. The number of carbonyl (C=O) groups excluding carboxylic acids is 1. The minimum Gasteiger partial charge on any atom is -0.266 e. The van der Waals surface area contributed by atoms with Crippen molar-refractivity contribution >= 4 is 44.6 Å². The zero-order valence-electron chi connectivity index (χ0n) is 14.1. The molecule has 6 heteroatoms. The van der Waals surface area contributed by atoms with Gasteiger partial charge in [0.15, 0.2) is 0 Å². The van der Waals surface area contributed by atoms with Crippen molar-refractivity contribution in [3.63, 3.8) is 0 Å². The van der Waals surface area contributed by atoms with Crippen molar-refractivity contribution in [2.45, 2.75) is 0 Å². The van der Waals surface area contributed by atoms with Crippen molar-refractivity contribution in [3.05, 3.63) is 100 Å². The van der Waals surface area contributed by atoms with Gasteiger partial charge in [0.05, 0.1) is 10.7 Å². The van der Waals surface area contributed by atoms with E-state index >= 15 is 0 Å². The number of amides is 1. The number of thiophene rings is 1. The normalized spacial score (nSPS) is 11.5. The fraction of sp³-hybridized carbons (Fsp3) is 0. The van der Waals surface area contributed by atoms with E-state index in [1.807, 2.05) is 72.8 Å². The van der Waals surface area contributed by atoms with Crippen molar-refractivity contribution in [2.75, 3.05) is 0 Å². The van der Waals surface area contributed by atoms with Gasteiger partial charge in [-0.3, -0.25) is 9.78 Å². The minimum atomic E-state index is -0.342. The maximum atomic E-state index is 12.7. The summed E-state index contributed by atoms with van der Waals surface area (Å²) in [6.45, 7) is 0. The van der Waals surface area contributed by atoms with Crippen molar-refractivity contribution in [1.29, 1.82) is 0 Å². The van der Waals surface area contributed by atoms with Crippen molar-refractivity contribution < 1.29 is 4.79 Å². The van der Waals surface area contributed by atoms with E-state index in [1.165, 1.54) is 11.3 Å². The largest absolute Gasteiger partial charge is 0.283 e. The second-order valence-electron chi connectivity index (χ2n) is 5.72. The third-order valence-corrected chi connectivity index (χ3v) is 5.64. The van der Waals surface area contributed by atoms with Crippen LogP contribution in [0.4, 0.5) is 0 Å². The maximum absolute atomic E-state index is 12.7. The molecule has 2 aromatic carbocycles. The van der Waals surface area contributed by atoms with Gasteiger partial charge in [-0.05, 0) is 18.2 Å². The summed E-state index contributed by atoms with van der Waals surface area (Å²) in [6, 6.07) is 22.8. The molecule has 1 N–H and O–H groups in total. The summed E-state index contributed by atoms with van der Waals surface area (Å²) >= 11 is 7.74. The Bertz CT molecular complexity index is 1080. The van der Waals surface area contributed by atoms with E-state index in [-0.39, 0.29) is 5.91 Å². The Hall–Kier alpha value is -3.02. The number of hydrogen-bond donors (Lipinski definition) is 1. The molecule has 0 saturated heterocycles. The second kappa shape index (κ2) is 7.70. The minimum absolute atomic E-state index is 0.342. The third kappa shape index (κ3) is 3.60. The van der Waals surface area contributed by atoms with E-state index in [9.17, 15) is 4.79 Å². The molecule has 2 heterocycles. The molecule has 4 nitrogen and oxygen atoms in total. The summed E-state index contributed by atoms with van der Waals surface area (Å²) in [5.74, 6) is -0.342. The van der Waals surface area contributed by atoms with E-state index in [2.05, 4.69) is 15.5 Å². The molecule has 0 aliphatic heterocycles. The monoisotopic (exact) mass is 391 g/mol. The van der Waals surface area contributed by atoms with Gasteiger partial charge < -0.3 is 0 Å². The Morgan fingerprint density at radius 3 is 2.44 bits per heavy atom. The Morgan fingerprint density at radius 1 is 0.963 bits per heavy atom.